The molecule has 0 aromatic heterocycles. The quantitative estimate of drug-likeness (QED) is 0.799. The summed E-state index contributed by atoms with van der Waals surface area (Å²) in [5, 5.41) is 14.3. The van der Waals surface area contributed by atoms with Crippen LogP contribution in [0.3, 0.4) is 0 Å². The minimum atomic E-state index is -0.0692. The van der Waals surface area contributed by atoms with Crippen molar-refractivity contribution in [3.05, 3.63) is 36.4 Å². The Morgan fingerprint density at radius 3 is 2.70 bits per heavy atom. The number of rotatable bonds is 4. The van der Waals surface area contributed by atoms with Gasteiger partial charge < -0.3 is 16.2 Å². The van der Waals surface area contributed by atoms with E-state index in [2.05, 4.69) is 5.32 Å². The van der Waals surface area contributed by atoms with Crippen LogP contribution in [0.1, 0.15) is 19.3 Å². The molecule has 0 saturated heterocycles. The van der Waals surface area contributed by atoms with Gasteiger partial charge in [-0.3, -0.25) is 4.79 Å². The lowest BCUT2D eigenvalue weighted by atomic mass is 10.1. The number of phenols is 1. The molecule has 1 aliphatic rings. The number of carbonyl (C=O) groups excluding carboxylic acids is 1. The molecule has 2 aromatic rings. The van der Waals surface area contributed by atoms with Crippen molar-refractivity contribution in [2.75, 3.05) is 5.32 Å². The van der Waals surface area contributed by atoms with E-state index in [4.69, 9.17) is 5.73 Å². The van der Waals surface area contributed by atoms with Crippen LogP contribution >= 0.6 is 0 Å². The van der Waals surface area contributed by atoms with Gasteiger partial charge in [-0.1, -0.05) is 24.3 Å². The molecular weight excluding hydrogens is 252 g/mol. The lowest BCUT2D eigenvalue weighted by Gasteiger charge is -2.12. The summed E-state index contributed by atoms with van der Waals surface area (Å²) in [4.78, 5) is 12.0. The Morgan fingerprint density at radius 1 is 1.25 bits per heavy atom. The van der Waals surface area contributed by atoms with Gasteiger partial charge in [0, 0.05) is 28.9 Å². The zero-order chi connectivity index (χ0) is 14.1. The number of anilines is 1. The molecular formula is C16H18N2O2. The minimum Gasteiger partial charge on any atom is -0.507 e. The highest BCUT2D eigenvalue weighted by molar-refractivity contribution is 6.04. The summed E-state index contributed by atoms with van der Waals surface area (Å²) >= 11 is 0. The second-order valence-corrected chi connectivity index (χ2v) is 5.43. The van der Waals surface area contributed by atoms with E-state index < -0.39 is 0 Å². The predicted octanol–water partition coefficient (Wildman–Crippen LogP) is 2.61. The van der Waals surface area contributed by atoms with Crippen molar-refractivity contribution in [2.45, 2.75) is 25.3 Å². The fraction of sp³-hybridized carbons (Fsp3) is 0.312. The molecule has 0 spiro atoms. The minimum absolute atomic E-state index is 0.0432. The van der Waals surface area contributed by atoms with E-state index >= 15 is 0 Å². The number of nitrogens with one attached hydrogen (secondary N) is 1. The van der Waals surface area contributed by atoms with Crippen molar-refractivity contribution < 1.29 is 9.90 Å². The number of hydrogen-bond acceptors (Lipinski definition) is 3. The Morgan fingerprint density at radius 2 is 1.95 bits per heavy atom. The molecule has 1 aliphatic carbocycles. The van der Waals surface area contributed by atoms with Crippen molar-refractivity contribution in [1.29, 1.82) is 0 Å². The fourth-order valence-electron chi connectivity index (χ4n) is 2.51. The summed E-state index contributed by atoms with van der Waals surface area (Å²) in [5.41, 5.74) is 6.68. The van der Waals surface area contributed by atoms with Crippen LogP contribution in [0.15, 0.2) is 36.4 Å². The molecule has 4 nitrogen and oxygen atoms in total. The molecule has 1 saturated carbocycles. The van der Waals surface area contributed by atoms with Crippen LogP contribution in [-0.4, -0.2) is 17.1 Å². The van der Waals surface area contributed by atoms with Crippen LogP contribution in [0, 0.1) is 5.92 Å². The maximum absolute atomic E-state index is 12.0. The third-order valence-corrected chi connectivity index (χ3v) is 3.82. The Balaban J connectivity index is 1.80. The highest BCUT2D eigenvalue weighted by Gasteiger charge is 2.29. The number of hydrogen-bond donors (Lipinski definition) is 3. The first-order chi connectivity index (χ1) is 9.65. The monoisotopic (exact) mass is 270 g/mol. The van der Waals surface area contributed by atoms with Crippen molar-refractivity contribution in [3.8, 4) is 5.75 Å². The Labute approximate surface area is 117 Å². The number of fused-ring (bicyclic) bond motifs is 1. The Kier molecular flexibility index (Phi) is 3.32. The summed E-state index contributed by atoms with van der Waals surface area (Å²) in [5.74, 6) is 0.658. The lowest BCUT2D eigenvalue weighted by molar-refractivity contribution is -0.116. The highest BCUT2D eigenvalue weighted by atomic mass is 16.3. The molecule has 20 heavy (non-hydrogen) atoms. The molecule has 1 fully saturated rings. The van der Waals surface area contributed by atoms with Gasteiger partial charge in [-0.25, -0.2) is 0 Å². The normalized spacial score (nSPS) is 16.1. The molecule has 0 bridgehead atoms. The van der Waals surface area contributed by atoms with E-state index in [0.717, 1.165) is 23.6 Å². The SMILES string of the molecule is NC(CC(=O)Nc1cccc2c(O)cccc12)C1CC1. The van der Waals surface area contributed by atoms with E-state index in [1.54, 1.807) is 12.1 Å². The molecule has 2 aromatic carbocycles. The van der Waals surface area contributed by atoms with Crippen molar-refractivity contribution >= 4 is 22.4 Å². The van der Waals surface area contributed by atoms with Crippen LogP contribution in [0.25, 0.3) is 10.8 Å². The maximum Gasteiger partial charge on any atom is 0.225 e. The summed E-state index contributed by atoms with van der Waals surface area (Å²) < 4.78 is 0. The van der Waals surface area contributed by atoms with Gasteiger partial charge in [0.15, 0.2) is 0 Å². The van der Waals surface area contributed by atoms with Gasteiger partial charge in [-0.2, -0.15) is 0 Å². The van der Waals surface area contributed by atoms with Crippen LogP contribution in [0.4, 0.5) is 5.69 Å². The van der Waals surface area contributed by atoms with Crippen molar-refractivity contribution in [2.24, 2.45) is 11.7 Å². The number of amides is 1. The van der Waals surface area contributed by atoms with E-state index in [0.29, 0.717) is 18.0 Å². The third kappa shape index (κ3) is 2.60. The largest absolute Gasteiger partial charge is 0.507 e. The Hall–Kier alpha value is -2.07. The van der Waals surface area contributed by atoms with Gasteiger partial charge in [0.2, 0.25) is 5.91 Å². The molecule has 4 N–H and O–H groups in total. The first-order valence-corrected chi connectivity index (χ1v) is 6.91. The zero-order valence-corrected chi connectivity index (χ0v) is 11.2. The van der Waals surface area contributed by atoms with Gasteiger partial charge in [-0.05, 0) is 30.9 Å². The highest BCUT2D eigenvalue weighted by Crippen LogP contribution is 2.33. The molecule has 3 rings (SSSR count). The van der Waals surface area contributed by atoms with Gasteiger partial charge in [0.05, 0.1) is 0 Å². The second-order valence-electron chi connectivity index (χ2n) is 5.43. The average molecular weight is 270 g/mol. The maximum atomic E-state index is 12.0. The van der Waals surface area contributed by atoms with Gasteiger partial charge in [0.25, 0.3) is 0 Å². The number of benzene rings is 2. The molecule has 0 radical (unpaired) electrons. The Bertz CT molecular complexity index is 650. The molecule has 0 aliphatic heterocycles. The smallest absolute Gasteiger partial charge is 0.225 e. The molecule has 1 unspecified atom stereocenters. The fourth-order valence-corrected chi connectivity index (χ4v) is 2.51. The summed E-state index contributed by atoms with van der Waals surface area (Å²) in [7, 11) is 0. The zero-order valence-electron chi connectivity index (χ0n) is 11.2. The van der Waals surface area contributed by atoms with Crippen molar-refractivity contribution in [1.82, 2.24) is 0 Å². The summed E-state index contributed by atoms with van der Waals surface area (Å²) in [6.45, 7) is 0. The van der Waals surface area contributed by atoms with Crippen LogP contribution < -0.4 is 11.1 Å². The standard InChI is InChI=1S/C16H18N2O2/c17-13(10-7-8-10)9-16(20)18-14-5-1-4-12-11(14)3-2-6-15(12)19/h1-6,10,13,19H,7-9,17H2,(H,18,20). The van der Waals surface area contributed by atoms with E-state index in [1.807, 2.05) is 24.3 Å². The molecule has 1 amide bonds. The van der Waals surface area contributed by atoms with Gasteiger partial charge in [0.1, 0.15) is 5.75 Å². The predicted molar refractivity (Wildman–Crippen MR) is 79.6 cm³/mol. The molecule has 0 heterocycles. The van der Waals surface area contributed by atoms with Crippen LogP contribution in [-0.2, 0) is 4.79 Å². The average Bonchev–Trinajstić information content (AvgIpc) is 3.24. The summed E-state index contributed by atoms with van der Waals surface area (Å²) in [6, 6.07) is 10.7. The molecule has 104 valence electrons. The first-order valence-electron chi connectivity index (χ1n) is 6.91. The number of phenolic OH excluding ortho intramolecular Hbond substituents is 1. The lowest BCUT2D eigenvalue weighted by Crippen LogP contribution is -2.28. The topological polar surface area (TPSA) is 75.4 Å². The number of carbonyl (C=O) groups is 1. The summed E-state index contributed by atoms with van der Waals surface area (Å²) in [6.07, 6.45) is 2.62. The molecule has 1 atom stereocenters. The molecule has 4 heteroatoms. The number of aromatic hydroxyl groups is 1. The third-order valence-electron chi connectivity index (χ3n) is 3.82. The van der Waals surface area contributed by atoms with E-state index in [-0.39, 0.29) is 17.7 Å². The van der Waals surface area contributed by atoms with Crippen LogP contribution in [0.5, 0.6) is 5.75 Å². The van der Waals surface area contributed by atoms with E-state index in [1.165, 1.54) is 0 Å². The number of nitrogens with two attached hydrogens (primary N) is 1. The second kappa shape index (κ2) is 5.13. The van der Waals surface area contributed by atoms with Crippen molar-refractivity contribution in [3.63, 3.8) is 0 Å². The van der Waals surface area contributed by atoms with Gasteiger partial charge in [-0.15, -0.1) is 0 Å². The van der Waals surface area contributed by atoms with E-state index in [9.17, 15) is 9.90 Å². The first kappa shape index (κ1) is 12.9. The van der Waals surface area contributed by atoms with Crippen LogP contribution in [0.2, 0.25) is 0 Å². The van der Waals surface area contributed by atoms with Gasteiger partial charge >= 0.3 is 0 Å².